The van der Waals surface area contributed by atoms with E-state index in [0.717, 1.165) is 49.7 Å². The molecule has 26 heavy (non-hydrogen) atoms. The van der Waals surface area contributed by atoms with Crippen molar-refractivity contribution in [1.82, 2.24) is 9.80 Å². The fourth-order valence-corrected chi connectivity index (χ4v) is 4.82. The quantitative estimate of drug-likeness (QED) is 0.583. The van der Waals surface area contributed by atoms with E-state index in [4.69, 9.17) is 0 Å². The Bertz CT molecular complexity index is 617. The van der Waals surface area contributed by atoms with Gasteiger partial charge in [-0.1, -0.05) is 18.6 Å². The molecule has 2 fully saturated rings. The van der Waals surface area contributed by atoms with Crippen molar-refractivity contribution in [3.63, 3.8) is 0 Å². The summed E-state index contributed by atoms with van der Waals surface area (Å²) in [5.41, 5.74) is 0.907. The van der Waals surface area contributed by atoms with Crippen LogP contribution in [-0.2, 0) is 11.2 Å². The Hall–Kier alpha value is -1.60. The highest BCUT2D eigenvalue weighted by Gasteiger charge is 2.28. The second-order valence-electron chi connectivity index (χ2n) is 7.13. The molecule has 2 heterocycles. The fourth-order valence-electron chi connectivity index (χ4n) is 3.76. The molecule has 0 aromatic heterocycles. The van der Waals surface area contributed by atoms with E-state index in [1.807, 2.05) is 11.8 Å². The molecule has 0 radical (unpaired) electrons. The smallest absolute Gasteiger partial charge is 0.269 e. The molecule has 0 spiro atoms. The number of likely N-dealkylation sites (tertiary alicyclic amines) is 1. The summed E-state index contributed by atoms with van der Waals surface area (Å²) in [4.78, 5) is 27.9. The summed E-state index contributed by atoms with van der Waals surface area (Å²) in [6.45, 7) is 4.08. The van der Waals surface area contributed by atoms with E-state index in [9.17, 15) is 14.9 Å². The van der Waals surface area contributed by atoms with E-state index in [2.05, 4.69) is 9.80 Å². The Labute approximate surface area is 159 Å². The number of benzene rings is 1. The monoisotopic (exact) mass is 377 g/mol. The lowest BCUT2D eigenvalue weighted by Crippen LogP contribution is -2.49. The van der Waals surface area contributed by atoms with Gasteiger partial charge < -0.3 is 9.80 Å². The van der Waals surface area contributed by atoms with Gasteiger partial charge in [0.1, 0.15) is 0 Å². The van der Waals surface area contributed by atoms with Crippen molar-refractivity contribution in [2.75, 3.05) is 37.7 Å². The Morgan fingerprint density at radius 3 is 2.54 bits per heavy atom. The number of nitrogens with zero attached hydrogens (tertiary/aromatic N) is 3. The zero-order valence-electron chi connectivity index (χ0n) is 15.1. The molecule has 2 saturated heterocycles. The van der Waals surface area contributed by atoms with Crippen LogP contribution in [0, 0.1) is 10.1 Å². The lowest BCUT2D eigenvalue weighted by atomic mass is 10.1. The van der Waals surface area contributed by atoms with Crippen molar-refractivity contribution < 1.29 is 9.72 Å². The molecule has 1 aromatic rings. The predicted molar refractivity (Wildman–Crippen MR) is 105 cm³/mol. The number of hydrogen-bond acceptors (Lipinski definition) is 5. The molecule has 0 saturated carbocycles. The highest BCUT2D eigenvalue weighted by atomic mass is 32.2. The molecule has 0 bridgehead atoms. The molecular weight excluding hydrogens is 350 g/mol. The SMILES string of the molecule is O=C(Cc1ccc([N+](=O)[O-])cc1)N1CCCSCC1CN1CCCCC1. The molecule has 3 rings (SSSR count). The molecule has 7 heteroatoms. The molecule has 1 aromatic carbocycles. The summed E-state index contributed by atoms with van der Waals surface area (Å²) in [5.74, 6) is 2.25. The maximum atomic E-state index is 13.0. The Morgan fingerprint density at radius 2 is 1.85 bits per heavy atom. The Kier molecular flexibility index (Phi) is 6.91. The minimum absolute atomic E-state index is 0.0651. The first-order valence-corrected chi connectivity index (χ1v) is 10.6. The van der Waals surface area contributed by atoms with E-state index in [-0.39, 0.29) is 17.6 Å². The lowest BCUT2D eigenvalue weighted by Gasteiger charge is -2.36. The molecule has 2 aliphatic rings. The Morgan fingerprint density at radius 1 is 1.12 bits per heavy atom. The number of nitro benzene ring substituents is 1. The molecule has 1 atom stereocenters. The molecule has 0 N–H and O–H groups in total. The molecule has 0 aliphatic carbocycles. The number of carbonyl (C=O) groups excluding carboxylic acids is 1. The van der Waals surface area contributed by atoms with Crippen LogP contribution in [0.15, 0.2) is 24.3 Å². The molecule has 1 unspecified atom stereocenters. The van der Waals surface area contributed by atoms with Crippen LogP contribution < -0.4 is 0 Å². The van der Waals surface area contributed by atoms with Crippen LogP contribution in [0.1, 0.15) is 31.2 Å². The number of non-ortho nitro benzene ring substituents is 1. The number of carbonyl (C=O) groups is 1. The van der Waals surface area contributed by atoms with Crippen molar-refractivity contribution in [1.29, 1.82) is 0 Å². The minimum Gasteiger partial charge on any atom is -0.337 e. The zero-order valence-corrected chi connectivity index (χ0v) is 16.0. The second kappa shape index (κ2) is 9.37. The highest BCUT2D eigenvalue weighted by molar-refractivity contribution is 7.99. The summed E-state index contributed by atoms with van der Waals surface area (Å²) in [7, 11) is 0. The number of rotatable bonds is 5. The van der Waals surface area contributed by atoms with Crippen LogP contribution in [0.4, 0.5) is 5.69 Å². The van der Waals surface area contributed by atoms with Crippen LogP contribution in [-0.4, -0.2) is 64.4 Å². The summed E-state index contributed by atoms with van der Waals surface area (Å²) in [6.07, 6.45) is 5.19. The number of piperidine rings is 1. The molecular formula is C19H27N3O3S. The zero-order chi connectivity index (χ0) is 18.4. The minimum atomic E-state index is -0.410. The average molecular weight is 378 g/mol. The van der Waals surface area contributed by atoms with Gasteiger partial charge in [0.05, 0.1) is 17.4 Å². The van der Waals surface area contributed by atoms with Crippen LogP contribution in [0.5, 0.6) is 0 Å². The molecule has 2 aliphatic heterocycles. The van der Waals surface area contributed by atoms with Crippen LogP contribution in [0.25, 0.3) is 0 Å². The average Bonchev–Trinajstić information content (AvgIpc) is 2.88. The highest BCUT2D eigenvalue weighted by Crippen LogP contribution is 2.21. The number of amides is 1. The molecule has 6 nitrogen and oxygen atoms in total. The lowest BCUT2D eigenvalue weighted by molar-refractivity contribution is -0.384. The van der Waals surface area contributed by atoms with Gasteiger partial charge in [0.15, 0.2) is 0 Å². The Balaban J connectivity index is 1.64. The van der Waals surface area contributed by atoms with Crippen LogP contribution in [0.2, 0.25) is 0 Å². The van der Waals surface area contributed by atoms with Gasteiger partial charge in [-0.3, -0.25) is 14.9 Å². The van der Waals surface area contributed by atoms with E-state index in [1.165, 1.54) is 31.4 Å². The summed E-state index contributed by atoms with van der Waals surface area (Å²) in [5, 5.41) is 10.8. The van der Waals surface area contributed by atoms with Crippen molar-refractivity contribution in [3.05, 3.63) is 39.9 Å². The van der Waals surface area contributed by atoms with Crippen LogP contribution in [0.3, 0.4) is 0 Å². The van der Waals surface area contributed by atoms with Gasteiger partial charge in [-0.25, -0.2) is 0 Å². The van der Waals surface area contributed by atoms with E-state index >= 15 is 0 Å². The number of nitro groups is 1. The van der Waals surface area contributed by atoms with E-state index in [1.54, 1.807) is 12.1 Å². The predicted octanol–water partition coefficient (Wildman–Crippen LogP) is 2.96. The second-order valence-corrected chi connectivity index (χ2v) is 8.28. The van der Waals surface area contributed by atoms with E-state index < -0.39 is 4.92 Å². The van der Waals surface area contributed by atoms with Gasteiger partial charge in [0.2, 0.25) is 5.91 Å². The van der Waals surface area contributed by atoms with Gasteiger partial charge >= 0.3 is 0 Å². The maximum Gasteiger partial charge on any atom is 0.269 e. The normalized spacial score (nSPS) is 22.0. The van der Waals surface area contributed by atoms with Gasteiger partial charge in [0, 0.05) is 31.0 Å². The third-order valence-corrected chi connectivity index (χ3v) is 6.38. The van der Waals surface area contributed by atoms with Gasteiger partial charge in [0.25, 0.3) is 5.69 Å². The maximum absolute atomic E-state index is 13.0. The third kappa shape index (κ3) is 5.20. The van der Waals surface area contributed by atoms with Gasteiger partial charge in [-0.2, -0.15) is 11.8 Å². The number of hydrogen-bond donors (Lipinski definition) is 0. The van der Waals surface area contributed by atoms with Crippen molar-refractivity contribution in [2.45, 2.75) is 38.1 Å². The van der Waals surface area contributed by atoms with Gasteiger partial charge in [-0.15, -0.1) is 0 Å². The first-order valence-electron chi connectivity index (χ1n) is 9.46. The van der Waals surface area contributed by atoms with Crippen LogP contribution >= 0.6 is 11.8 Å². The molecule has 142 valence electrons. The first-order chi connectivity index (χ1) is 12.6. The first kappa shape index (κ1) is 19.2. The summed E-state index contributed by atoms with van der Waals surface area (Å²) in [6, 6.07) is 6.62. The van der Waals surface area contributed by atoms with Crippen molar-refractivity contribution in [3.8, 4) is 0 Å². The summed E-state index contributed by atoms with van der Waals surface area (Å²) < 4.78 is 0. The summed E-state index contributed by atoms with van der Waals surface area (Å²) >= 11 is 1.95. The molecule has 1 amide bonds. The standard InChI is InChI=1S/C19H27N3O3S/c23-19(13-16-5-7-17(8-6-16)22(24)25)21-11-4-12-26-15-18(21)14-20-9-2-1-3-10-20/h5-8,18H,1-4,9-15H2. The van der Waals surface area contributed by atoms with Gasteiger partial charge in [-0.05, 0) is 43.7 Å². The van der Waals surface area contributed by atoms with E-state index in [0.29, 0.717) is 6.42 Å². The fraction of sp³-hybridized carbons (Fsp3) is 0.632. The van der Waals surface area contributed by atoms with Crippen molar-refractivity contribution in [2.24, 2.45) is 0 Å². The topological polar surface area (TPSA) is 66.7 Å². The number of thioether (sulfide) groups is 1. The van der Waals surface area contributed by atoms with Crippen molar-refractivity contribution >= 4 is 23.4 Å². The largest absolute Gasteiger partial charge is 0.337 e. The third-order valence-electron chi connectivity index (χ3n) is 5.18.